The third-order valence-corrected chi connectivity index (χ3v) is 4.05. The molecular formula is C17H18ClFN2O4S. The Hall–Kier alpha value is -2.19. The number of benzene rings is 1. The van der Waals surface area contributed by atoms with E-state index in [0.29, 0.717) is 0 Å². The van der Waals surface area contributed by atoms with Gasteiger partial charge in [-0.1, -0.05) is 29.9 Å². The third kappa shape index (κ3) is 4.50. The Balaban J connectivity index is 2.24. The molecule has 0 spiro atoms. The molecule has 0 saturated heterocycles. The maximum Gasteiger partial charge on any atom is 0.417 e. The Bertz CT molecular complexity index is 804. The number of hydrogen-bond acceptors (Lipinski definition) is 5. The summed E-state index contributed by atoms with van der Waals surface area (Å²) in [4.78, 5) is 25.5. The van der Waals surface area contributed by atoms with Crippen LogP contribution in [0.5, 0.6) is 0 Å². The molecule has 1 heterocycles. The summed E-state index contributed by atoms with van der Waals surface area (Å²) >= 11 is 11.0. The third-order valence-electron chi connectivity index (χ3n) is 3.36. The van der Waals surface area contributed by atoms with Crippen molar-refractivity contribution in [1.82, 2.24) is 4.90 Å². The molecule has 0 fully saturated rings. The Morgan fingerprint density at radius 1 is 1.42 bits per heavy atom. The lowest BCUT2D eigenvalue weighted by Crippen LogP contribution is -2.46. The molecular weight excluding hydrogens is 383 g/mol. The zero-order valence-corrected chi connectivity index (χ0v) is 16.0. The van der Waals surface area contributed by atoms with Gasteiger partial charge in [-0.3, -0.25) is 4.79 Å². The van der Waals surface area contributed by atoms with E-state index in [1.54, 1.807) is 20.8 Å². The summed E-state index contributed by atoms with van der Waals surface area (Å²) in [6.07, 6.45) is -0.807. The summed E-state index contributed by atoms with van der Waals surface area (Å²) in [5.74, 6) is -1.73. The molecule has 1 aliphatic heterocycles. The van der Waals surface area contributed by atoms with Crippen molar-refractivity contribution in [3.05, 3.63) is 40.4 Å². The fourth-order valence-electron chi connectivity index (χ4n) is 2.21. The summed E-state index contributed by atoms with van der Waals surface area (Å²) in [5.41, 5.74) is -0.897. The van der Waals surface area contributed by atoms with Crippen molar-refractivity contribution in [1.29, 1.82) is 0 Å². The molecule has 1 aromatic carbocycles. The van der Waals surface area contributed by atoms with Gasteiger partial charge in [0.1, 0.15) is 27.7 Å². The predicted molar refractivity (Wildman–Crippen MR) is 99.8 cm³/mol. The van der Waals surface area contributed by atoms with Crippen LogP contribution in [0.25, 0.3) is 0 Å². The number of ether oxygens (including phenoxy) is 1. The molecule has 2 N–H and O–H groups in total. The van der Waals surface area contributed by atoms with E-state index in [2.05, 4.69) is 5.32 Å². The second kappa shape index (κ2) is 7.59. The molecule has 26 heavy (non-hydrogen) atoms. The van der Waals surface area contributed by atoms with Gasteiger partial charge in [0, 0.05) is 13.0 Å². The first-order valence-corrected chi connectivity index (χ1v) is 8.52. The largest absolute Gasteiger partial charge is 0.511 e. The number of thiocarbonyl (C=S) groups is 1. The molecule has 140 valence electrons. The zero-order chi connectivity index (χ0) is 19.6. The van der Waals surface area contributed by atoms with E-state index in [-0.39, 0.29) is 40.0 Å². The van der Waals surface area contributed by atoms with Gasteiger partial charge in [0.25, 0.3) is 5.91 Å². The molecule has 1 aromatic rings. The van der Waals surface area contributed by atoms with Gasteiger partial charge in [-0.05, 0) is 32.9 Å². The Morgan fingerprint density at radius 2 is 2.08 bits per heavy atom. The predicted octanol–water partition coefficient (Wildman–Crippen LogP) is 4.20. The van der Waals surface area contributed by atoms with Crippen molar-refractivity contribution in [2.45, 2.75) is 32.8 Å². The average Bonchev–Trinajstić information content (AvgIpc) is 2.50. The van der Waals surface area contributed by atoms with Crippen molar-refractivity contribution in [3.63, 3.8) is 0 Å². The lowest BCUT2D eigenvalue weighted by Gasteiger charge is -2.29. The van der Waals surface area contributed by atoms with Crippen LogP contribution < -0.4 is 5.32 Å². The molecule has 0 unspecified atom stereocenters. The van der Waals surface area contributed by atoms with Gasteiger partial charge in [-0.25, -0.2) is 14.1 Å². The van der Waals surface area contributed by atoms with Crippen LogP contribution in [0, 0.1) is 5.82 Å². The van der Waals surface area contributed by atoms with Gasteiger partial charge in [0.05, 0.1) is 10.7 Å². The number of amides is 2. The highest BCUT2D eigenvalue weighted by Gasteiger charge is 2.36. The van der Waals surface area contributed by atoms with E-state index in [0.717, 1.165) is 4.90 Å². The van der Waals surface area contributed by atoms with E-state index < -0.39 is 23.4 Å². The minimum atomic E-state index is -0.834. The summed E-state index contributed by atoms with van der Waals surface area (Å²) in [5, 5.41) is 12.5. The number of nitrogens with one attached hydrogen (secondary N) is 1. The van der Waals surface area contributed by atoms with Crippen LogP contribution in [0.15, 0.2) is 29.5 Å². The molecule has 0 bridgehead atoms. The highest BCUT2D eigenvalue weighted by Crippen LogP contribution is 2.27. The molecule has 1 aliphatic rings. The van der Waals surface area contributed by atoms with Crippen LogP contribution in [0.4, 0.5) is 14.9 Å². The Morgan fingerprint density at radius 3 is 2.69 bits per heavy atom. The SMILES string of the molecule is CC(C)(C)OC(=O)N1CCC(O)=C(C(=S)Nc2cccc(F)c2Cl)C1=O. The molecule has 9 heteroatoms. The monoisotopic (exact) mass is 400 g/mol. The smallest absolute Gasteiger partial charge is 0.417 e. The van der Waals surface area contributed by atoms with E-state index in [1.165, 1.54) is 18.2 Å². The van der Waals surface area contributed by atoms with Crippen molar-refractivity contribution < 1.29 is 23.8 Å². The number of rotatable bonds is 2. The summed E-state index contributed by atoms with van der Waals surface area (Å²) in [6.45, 7) is 4.98. The van der Waals surface area contributed by atoms with Crippen LogP contribution in [-0.4, -0.2) is 39.1 Å². The maximum absolute atomic E-state index is 13.5. The number of hydrogen-bond donors (Lipinski definition) is 2. The van der Waals surface area contributed by atoms with Gasteiger partial charge in [0.15, 0.2) is 0 Å². The Kier molecular flexibility index (Phi) is 5.87. The van der Waals surface area contributed by atoms with E-state index in [4.69, 9.17) is 28.6 Å². The van der Waals surface area contributed by atoms with Crippen LogP contribution in [0.3, 0.4) is 0 Å². The van der Waals surface area contributed by atoms with Crippen molar-refractivity contribution in [3.8, 4) is 0 Å². The van der Waals surface area contributed by atoms with E-state index in [1.807, 2.05) is 0 Å². The normalized spacial score (nSPS) is 15.1. The fraction of sp³-hybridized carbons (Fsp3) is 0.353. The molecule has 2 amide bonds. The van der Waals surface area contributed by atoms with Gasteiger partial charge < -0.3 is 15.2 Å². The number of nitrogens with zero attached hydrogens (tertiary/aromatic N) is 1. The Labute approximate surface area is 160 Å². The number of imide groups is 1. The molecule has 0 radical (unpaired) electrons. The van der Waals surface area contributed by atoms with Gasteiger partial charge in [-0.2, -0.15) is 0 Å². The quantitative estimate of drug-likeness (QED) is 0.724. The summed E-state index contributed by atoms with van der Waals surface area (Å²) < 4.78 is 18.7. The van der Waals surface area contributed by atoms with Crippen LogP contribution >= 0.6 is 23.8 Å². The first-order valence-electron chi connectivity index (χ1n) is 7.73. The number of carbonyl (C=O) groups is 2. The number of halogens is 2. The minimum Gasteiger partial charge on any atom is -0.511 e. The molecule has 0 saturated carbocycles. The van der Waals surface area contributed by atoms with E-state index >= 15 is 0 Å². The van der Waals surface area contributed by atoms with Crippen molar-refractivity contribution in [2.24, 2.45) is 0 Å². The molecule has 0 atom stereocenters. The number of aliphatic hydroxyl groups excluding tert-OH is 1. The highest BCUT2D eigenvalue weighted by atomic mass is 35.5. The second-order valence-electron chi connectivity index (χ2n) is 6.56. The number of anilines is 1. The topological polar surface area (TPSA) is 78.9 Å². The van der Waals surface area contributed by atoms with Gasteiger partial charge in [0.2, 0.25) is 0 Å². The number of aliphatic hydroxyl groups is 1. The summed E-state index contributed by atoms with van der Waals surface area (Å²) in [7, 11) is 0. The van der Waals surface area contributed by atoms with Crippen LogP contribution in [0.1, 0.15) is 27.2 Å². The zero-order valence-electron chi connectivity index (χ0n) is 14.4. The molecule has 6 nitrogen and oxygen atoms in total. The first-order chi connectivity index (χ1) is 12.0. The van der Waals surface area contributed by atoms with Crippen LogP contribution in [0.2, 0.25) is 5.02 Å². The molecule has 0 aromatic heterocycles. The lowest BCUT2D eigenvalue weighted by molar-refractivity contribution is -0.126. The fourth-order valence-corrected chi connectivity index (χ4v) is 2.70. The van der Waals surface area contributed by atoms with Crippen molar-refractivity contribution >= 4 is 46.5 Å². The highest BCUT2D eigenvalue weighted by molar-refractivity contribution is 7.81. The molecule has 0 aliphatic carbocycles. The average molecular weight is 401 g/mol. The first kappa shape index (κ1) is 20.1. The van der Waals surface area contributed by atoms with Crippen LogP contribution in [-0.2, 0) is 9.53 Å². The molecule has 2 rings (SSSR count). The van der Waals surface area contributed by atoms with E-state index in [9.17, 15) is 19.1 Å². The van der Waals surface area contributed by atoms with Gasteiger partial charge >= 0.3 is 6.09 Å². The lowest BCUT2D eigenvalue weighted by atomic mass is 10.1. The van der Waals surface area contributed by atoms with Crippen molar-refractivity contribution in [2.75, 3.05) is 11.9 Å². The number of carbonyl (C=O) groups excluding carboxylic acids is 2. The summed E-state index contributed by atoms with van der Waals surface area (Å²) in [6, 6.07) is 4.05. The minimum absolute atomic E-state index is 0.0268. The van der Waals surface area contributed by atoms with Gasteiger partial charge in [-0.15, -0.1) is 0 Å². The maximum atomic E-state index is 13.5. The second-order valence-corrected chi connectivity index (χ2v) is 7.35. The standard InChI is InChI=1S/C17H18ClFN2O4S/c1-17(2,3)25-16(24)21-8-7-11(22)12(15(21)23)14(26)20-10-6-4-5-9(19)13(10)18/h4-6,22H,7-8H2,1-3H3,(H,20,26).